The summed E-state index contributed by atoms with van der Waals surface area (Å²) in [6, 6.07) is 11.8. The Morgan fingerprint density at radius 3 is 2.53 bits per heavy atom. The van der Waals surface area contributed by atoms with Crippen LogP contribution in [0.1, 0.15) is 13.8 Å². The molecule has 0 saturated carbocycles. The van der Waals surface area contributed by atoms with Gasteiger partial charge in [0, 0.05) is 30.2 Å². The van der Waals surface area contributed by atoms with Crippen LogP contribution in [-0.2, 0) is 21.4 Å². The van der Waals surface area contributed by atoms with Gasteiger partial charge in [0.1, 0.15) is 12.3 Å². The number of anilines is 1. The summed E-state index contributed by atoms with van der Waals surface area (Å²) in [5.74, 6) is 0.422. The minimum Gasteiger partial charge on any atom is -0.497 e. The summed E-state index contributed by atoms with van der Waals surface area (Å²) in [6.07, 6.45) is 1.81. The highest BCUT2D eigenvalue weighted by Gasteiger charge is 2.23. The number of carbonyl (C=O) groups excluding carboxylic acids is 1. The van der Waals surface area contributed by atoms with E-state index in [4.69, 9.17) is 16.3 Å². The number of carbonyl (C=O) groups is 1. The first-order chi connectivity index (χ1) is 14.3. The molecule has 1 amide bonds. The highest BCUT2D eigenvalue weighted by molar-refractivity contribution is 7.89. The first-order valence-electron chi connectivity index (χ1n) is 9.52. The van der Waals surface area contributed by atoms with Gasteiger partial charge in [0.05, 0.1) is 22.7 Å². The summed E-state index contributed by atoms with van der Waals surface area (Å²) < 4.78 is 33.9. The molecule has 0 spiro atoms. The second-order valence-corrected chi connectivity index (χ2v) is 8.99. The van der Waals surface area contributed by atoms with Crippen LogP contribution in [0.15, 0.2) is 53.6 Å². The number of sulfonamides is 1. The number of amides is 1. The Morgan fingerprint density at radius 2 is 1.87 bits per heavy atom. The van der Waals surface area contributed by atoms with Crippen molar-refractivity contribution in [3.8, 4) is 5.75 Å². The Morgan fingerprint density at radius 1 is 1.13 bits per heavy atom. The highest BCUT2D eigenvalue weighted by atomic mass is 35.5. The van der Waals surface area contributed by atoms with Crippen LogP contribution in [0.4, 0.5) is 5.69 Å². The predicted octanol–water partition coefficient (Wildman–Crippen LogP) is 3.97. The average Bonchev–Trinajstić information content (AvgIpc) is 3.11. The number of ether oxygens (including phenoxy) is 1. The number of rotatable bonds is 8. The van der Waals surface area contributed by atoms with E-state index in [1.165, 1.54) is 22.5 Å². The van der Waals surface area contributed by atoms with Gasteiger partial charge in [-0.2, -0.15) is 4.31 Å². The Bertz CT molecular complexity index is 1170. The molecule has 1 aromatic heterocycles. The number of benzene rings is 2. The number of nitrogens with zero attached hydrogens (tertiary/aromatic N) is 2. The van der Waals surface area contributed by atoms with Gasteiger partial charge in [-0.15, -0.1) is 0 Å². The van der Waals surface area contributed by atoms with Crippen LogP contribution in [0.2, 0.25) is 5.02 Å². The molecule has 160 valence electrons. The molecule has 0 saturated heterocycles. The van der Waals surface area contributed by atoms with E-state index in [1.54, 1.807) is 25.5 Å². The summed E-state index contributed by atoms with van der Waals surface area (Å²) in [5, 5.41) is 3.94. The molecule has 3 rings (SSSR count). The Labute approximate surface area is 181 Å². The van der Waals surface area contributed by atoms with Crippen molar-refractivity contribution < 1.29 is 17.9 Å². The number of nitrogens with one attached hydrogen (secondary N) is 1. The van der Waals surface area contributed by atoms with Crippen molar-refractivity contribution in [1.29, 1.82) is 0 Å². The Hall–Kier alpha value is -2.55. The molecular weight excluding hydrogens is 426 g/mol. The molecule has 2 aromatic carbocycles. The van der Waals surface area contributed by atoms with Crippen LogP contribution in [0.3, 0.4) is 0 Å². The largest absolute Gasteiger partial charge is 0.497 e. The molecule has 0 unspecified atom stereocenters. The van der Waals surface area contributed by atoms with Crippen LogP contribution in [-0.4, -0.2) is 43.4 Å². The highest BCUT2D eigenvalue weighted by Crippen LogP contribution is 2.27. The second kappa shape index (κ2) is 9.07. The number of methoxy groups -OCH3 is 1. The quantitative estimate of drug-likeness (QED) is 0.564. The molecule has 7 nitrogen and oxygen atoms in total. The van der Waals surface area contributed by atoms with Crippen LogP contribution in [0.25, 0.3) is 10.9 Å². The SMILES string of the molecule is CCN(CC)S(=O)(=O)c1ccc(Cl)c(NC(=O)Cn2ccc3cc(OC)ccc32)c1. The molecular formula is C21H24ClN3O4S. The Balaban J connectivity index is 1.82. The van der Waals surface area contributed by atoms with Gasteiger partial charge >= 0.3 is 0 Å². The number of aromatic nitrogens is 1. The number of hydrogen-bond acceptors (Lipinski definition) is 4. The maximum absolute atomic E-state index is 12.8. The van der Waals surface area contributed by atoms with Gasteiger partial charge in [-0.3, -0.25) is 4.79 Å². The van der Waals surface area contributed by atoms with E-state index in [1.807, 2.05) is 30.5 Å². The molecule has 0 aliphatic carbocycles. The predicted molar refractivity (Wildman–Crippen MR) is 119 cm³/mol. The van der Waals surface area contributed by atoms with E-state index in [-0.39, 0.29) is 28.1 Å². The second-order valence-electron chi connectivity index (χ2n) is 6.65. The smallest absolute Gasteiger partial charge is 0.244 e. The molecule has 9 heteroatoms. The van der Waals surface area contributed by atoms with Crippen LogP contribution >= 0.6 is 11.6 Å². The van der Waals surface area contributed by atoms with Crippen molar-refractivity contribution in [2.24, 2.45) is 0 Å². The van der Waals surface area contributed by atoms with Gasteiger partial charge in [-0.1, -0.05) is 25.4 Å². The molecule has 3 aromatic rings. The molecule has 0 fully saturated rings. The van der Waals surface area contributed by atoms with E-state index in [0.29, 0.717) is 13.1 Å². The van der Waals surface area contributed by atoms with Crippen LogP contribution < -0.4 is 10.1 Å². The number of hydrogen-bond donors (Lipinski definition) is 1. The molecule has 1 heterocycles. The average molecular weight is 450 g/mol. The monoisotopic (exact) mass is 449 g/mol. The van der Waals surface area contributed by atoms with E-state index < -0.39 is 10.0 Å². The molecule has 30 heavy (non-hydrogen) atoms. The van der Waals surface area contributed by atoms with Crippen molar-refractivity contribution in [2.75, 3.05) is 25.5 Å². The third-order valence-corrected chi connectivity index (χ3v) is 7.22. The lowest BCUT2D eigenvalue weighted by atomic mass is 10.2. The van der Waals surface area contributed by atoms with Crippen molar-refractivity contribution in [2.45, 2.75) is 25.3 Å². The Kier molecular flexibility index (Phi) is 6.70. The topological polar surface area (TPSA) is 80.6 Å². The molecule has 0 aliphatic heterocycles. The van der Waals surface area contributed by atoms with Gasteiger partial charge in [-0.05, 0) is 42.5 Å². The normalized spacial score (nSPS) is 11.8. The maximum Gasteiger partial charge on any atom is 0.244 e. The fourth-order valence-electron chi connectivity index (χ4n) is 3.26. The van der Waals surface area contributed by atoms with Gasteiger partial charge in [0.25, 0.3) is 0 Å². The summed E-state index contributed by atoms with van der Waals surface area (Å²) in [6.45, 7) is 4.32. The van der Waals surface area contributed by atoms with E-state index >= 15 is 0 Å². The lowest BCUT2D eigenvalue weighted by Crippen LogP contribution is -2.30. The lowest BCUT2D eigenvalue weighted by Gasteiger charge is -2.19. The number of fused-ring (bicyclic) bond motifs is 1. The van der Waals surface area contributed by atoms with E-state index in [9.17, 15) is 13.2 Å². The van der Waals surface area contributed by atoms with Crippen molar-refractivity contribution in [1.82, 2.24) is 8.87 Å². The number of halogens is 1. The first-order valence-corrected chi connectivity index (χ1v) is 11.3. The van der Waals surface area contributed by atoms with Crippen LogP contribution in [0.5, 0.6) is 5.75 Å². The van der Waals surface area contributed by atoms with Gasteiger partial charge in [0.2, 0.25) is 15.9 Å². The maximum atomic E-state index is 12.8. The van der Waals surface area contributed by atoms with Crippen molar-refractivity contribution in [3.63, 3.8) is 0 Å². The lowest BCUT2D eigenvalue weighted by molar-refractivity contribution is -0.116. The van der Waals surface area contributed by atoms with Crippen molar-refractivity contribution >= 4 is 44.1 Å². The fraction of sp³-hybridized carbons (Fsp3) is 0.286. The summed E-state index contributed by atoms with van der Waals surface area (Å²) in [7, 11) is -2.05. The molecule has 0 radical (unpaired) electrons. The zero-order valence-electron chi connectivity index (χ0n) is 17.1. The van der Waals surface area contributed by atoms with Crippen LogP contribution in [0, 0.1) is 0 Å². The zero-order valence-corrected chi connectivity index (χ0v) is 18.6. The van der Waals surface area contributed by atoms with Gasteiger partial charge < -0.3 is 14.6 Å². The minimum absolute atomic E-state index is 0.0547. The summed E-state index contributed by atoms with van der Waals surface area (Å²) in [4.78, 5) is 12.7. The summed E-state index contributed by atoms with van der Waals surface area (Å²) >= 11 is 6.20. The first kappa shape index (κ1) is 22.1. The molecule has 0 atom stereocenters. The third kappa shape index (κ3) is 4.45. The standard InChI is InChI=1S/C21H24ClN3O4S/c1-4-25(5-2)30(27,28)17-7-8-18(22)19(13-17)23-21(26)14-24-11-10-15-12-16(29-3)6-9-20(15)24/h6-13H,4-5,14H2,1-3H3,(H,23,26). The van der Waals surface area contributed by atoms with E-state index in [0.717, 1.165) is 16.7 Å². The van der Waals surface area contributed by atoms with Crippen molar-refractivity contribution in [3.05, 3.63) is 53.7 Å². The molecule has 1 N–H and O–H groups in total. The summed E-state index contributed by atoms with van der Waals surface area (Å²) in [5.41, 5.74) is 1.14. The molecule has 0 aliphatic rings. The van der Waals surface area contributed by atoms with Gasteiger partial charge in [-0.25, -0.2) is 8.42 Å². The van der Waals surface area contributed by atoms with E-state index in [2.05, 4.69) is 5.32 Å². The minimum atomic E-state index is -3.66. The van der Waals surface area contributed by atoms with Gasteiger partial charge in [0.15, 0.2) is 0 Å². The fourth-order valence-corrected chi connectivity index (χ4v) is 4.91. The third-order valence-electron chi connectivity index (χ3n) is 4.85. The zero-order chi connectivity index (χ0) is 21.9. The molecule has 0 bridgehead atoms.